The second-order valence-corrected chi connectivity index (χ2v) is 8.58. The van der Waals surface area contributed by atoms with E-state index in [4.69, 9.17) is 0 Å². The molecule has 0 amide bonds. The Bertz CT molecular complexity index is 771. The molecule has 2 rings (SSSR count). The van der Waals surface area contributed by atoms with Gasteiger partial charge in [-0.1, -0.05) is 61.0 Å². The van der Waals surface area contributed by atoms with Gasteiger partial charge in [-0.15, -0.1) is 0 Å². The predicted octanol–water partition coefficient (Wildman–Crippen LogP) is 4.55. The fraction of sp³-hybridized carbons (Fsp3) is 0.235. The van der Waals surface area contributed by atoms with Crippen molar-refractivity contribution in [2.24, 2.45) is 4.40 Å². The molecule has 5 heteroatoms. The minimum atomic E-state index is -3.67. The average molecular weight is 380 g/mol. The number of hydrogen-bond acceptors (Lipinski definition) is 2. The second kappa shape index (κ2) is 6.34. The summed E-state index contributed by atoms with van der Waals surface area (Å²) in [6, 6.07) is 14.2. The van der Waals surface area contributed by atoms with Gasteiger partial charge in [0.2, 0.25) is 0 Å². The number of nitrogens with zero attached hydrogens (tertiary/aromatic N) is 1. The molecule has 3 nitrogen and oxygen atoms in total. The monoisotopic (exact) mass is 379 g/mol. The van der Waals surface area contributed by atoms with E-state index in [0.29, 0.717) is 0 Å². The van der Waals surface area contributed by atoms with Gasteiger partial charge in [-0.25, -0.2) is 0 Å². The van der Waals surface area contributed by atoms with Crippen molar-refractivity contribution < 1.29 is 8.42 Å². The number of halogens is 1. The molecule has 0 atom stereocenters. The van der Waals surface area contributed by atoms with Crippen LogP contribution in [0.15, 0.2) is 62.3 Å². The second-order valence-electron chi connectivity index (χ2n) is 6.04. The van der Waals surface area contributed by atoms with E-state index >= 15 is 0 Å². The van der Waals surface area contributed by atoms with E-state index in [9.17, 15) is 8.42 Å². The smallest absolute Gasteiger partial charge is 0.199 e. The van der Waals surface area contributed by atoms with E-state index in [1.54, 1.807) is 12.1 Å². The summed E-state index contributed by atoms with van der Waals surface area (Å²) >= 11 is 3.28. The van der Waals surface area contributed by atoms with Crippen molar-refractivity contribution in [3.8, 4) is 0 Å². The molecule has 0 heterocycles. The van der Waals surface area contributed by atoms with Gasteiger partial charge in [0, 0.05) is 10.7 Å². The highest BCUT2D eigenvalue weighted by atomic mass is 79.9. The van der Waals surface area contributed by atoms with Gasteiger partial charge < -0.3 is 0 Å². The van der Waals surface area contributed by atoms with Crippen LogP contribution >= 0.6 is 15.9 Å². The Morgan fingerprint density at radius 3 is 2.00 bits per heavy atom. The Balaban J connectivity index is 2.22. The van der Waals surface area contributed by atoms with E-state index in [1.807, 2.05) is 24.3 Å². The van der Waals surface area contributed by atoms with Gasteiger partial charge in [0.25, 0.3) is 10.0 Å². The predicted molar refractivity (Wildman–Crippen MR) is 94.1 cm³/mol. The lowest BCUT2D eigenvalue weighted by Crippen LogP contribution is -2.10. The molecule has 116 valence electrons. The zero-order valence-electron chi connectivity index (χ0n) is 12.7. The summed E-state index contributed by atoms with van der Waals surface area (Å²) in [6.45, 7) is 6.40. The van der Waals surface area contributed by atoms with Crippen molar-refractivity contribution in [1.82, 2.24) is 0 Å². The Morgan fingerprint density at radius 1 is 0.955 bits per heavy atom. The lowest BCUT2D eigenvalue weighted by Gasteiger charge is -2.18. The summed E-state index contributed by atoms with van der Waals surface area (Å²) in [5.74, 6) is 0. The van der Waals surface area contributed by atoms with Crippen molar-refractivity contribution in [2.75, 3.05) is 0 Å². The van der Waals surface area contributed by atoms with Gasteiger partial charge in [0.1, 0.15) is 0 Å². The first kappa shape index (κ1) is 16.9. The fourth-order valence-electron chi connectivity index (χ4n) is 1.87. The molecular formula is C17H18BrNO2S. The number of hydrogen-bond donors (Lipinski definition) is 0. The van der Waals surface area contributed by atoms with Crippen LogP contribution in [0.1, 0.15) is 31.9 Å². The van der Waals surface area contributed by atoms with Crippen LogP contribution in [-0.2, 0) is 15.4 Å². The lowest BCUT2D eigenvalue weighted by molar-refractivity contribution is 0.590. The molecule has 2 aromatic carbocycles. The highest BCUT2D eigenvalue weighted by Crippen LogP contribution is 2.22. The van der Waals surface area contributed by atoms with Gasteiger partial charge in [-0.3, -0.25) is 0 Å². The quantitative estimate of drug-likeness (QED) is 0.734. The van der Waals surface area contributed by atoms with Crippen LogP contribution in [0.4, 0.5) is 0 Å². The summed E-state index contributed by atoms with van der Waals surface area (Å²) in [4.78, 5) is 0.179. The van der Waals surface area contributed by atoms with Crippen LogP contribution in [0.5, 0.6) is 0 Å². The van der Waals surface area contributed by atoms with E-state index in [-0.39, 0.29) is 10.3 Å². The van der Waals surface area contributed by atoms with E-state index < -0.39 is 10.0 Å². The van der Waals surface area contributed by atoms with Crippen LogP contribution in [-0.4, -0.2) is 14.6 Å². The van der Waals surface area contributed by atoms with Gasteiger partial charge in [0.05, 0.1) is 4.90 Å². The molecule has 0 spiro atoms. The van der Waals surface area contributed by atoms with Crippen molar-refractivity contribution in [2.45, 2.75) is 31.1 Å². The van der Waals surface area contributed by atoms with E-state index in [2.05, 4.69) is 41.1 Å². The first-order chi connectivity index (χ1) is 10.2. The third-order valence-electron chi connectivity index (χ3n) is 3.23. The molecular weight excluding hydrogens is 362 g/mol. The maximum absolute atomic E-state index is 12.1. The molecule has 0 aliphatic carbocycles. The molecule has 0 bridgehead atoms. The topological polar surface area (TPSA) is 46.5 Å². The number of rotatable bonds is 3. The summed E-state index contributed by atoms with van der Waals surface area (Å²) in [6.07, 6.45) is 1.38. The summed E-state index contributed by atoms with van der Waals surface area (Å²) in [7, 11) is -3.67. The van der Waals surface area contributed by atoms with Gasteiger partial charge in [-0.2, -0.15) is 12.8 Å². The highest BCUT2D eigenvalue weighted by Gasteiger charge is 2.13. The first-order valence-electron chi connectivity index (χ1n) is 6.85. The van der Waals surface area contributed by atoms with Crippen molar-refractivity contribution in [1.29, 1.82) is 0 Å². The van der Waals surface area contributed by atoms with Crippen molar-refractivity contribution in [3.05, 3.63) is 64.1 Å². The molecule has 22 heavy (non-hydrogen) atoms. The van der Waals surface area contributed by atoms with Crippen LogP contribution in [0.3, 0.4) is 0 Å². The van der Waals surface area contributed by atoms with Crippen molar-refractivity contribution >= 4 is 32.2 Å². The molecule has 0 saturated heterocycles. The normalized spacial score (nSPS) is 12.7. The Hall–Kier alpha value is -1.46. The lowest BCUT2D eigenvalue weighted by atomic mass is 9.87. The standard InChI is InChI=1S/C17H18BrNO2S/c1-17(2,3)14-6-4-13(5-7-14)12-19-22(20,21)16-10-8-15(18)9-11-16/h4-12H,1-3H3/b19-12+. The Labute approximate surface area is 140 Å². The van der Waals surface area contributed by atoms with Crippen LogP contribution in [0.2, 0.25) is 0 Å². The summed E-state index contributed by atoms with van der Waals surface area (Å²) < 4.78 is 28.8. The molecule has 0 radical (unpaired) electrons. The molecule has 0 unspecified atom stereocenters. The molecule has 0 aliphatic rings. The van der Waals surface area contributed by atoms with Crippen LogP contribution in [0.25, 0.3) is 0 Å². The third kappa shape index (κ3) is 4.27. The largest absolute Gasteiger partial charge is 0.282 e. The maximum Gasteiger partial charge on any atom is 0.282 e. The van der Waals surface area contributed by atoms with Crippen LogP contribution < -0.4 is 0 Å². The molecule has 0 saturated carbocycles. The van der Waals surface area contributed by atoms with Crippen molar-refractivity contribution in [3.63, 3.8) is 0 Å². The van der Waals surface area contributed by atoms with Gasteiger partial charge in [-0.05, 0) is 40.8 Å². The number of sulfonamides is 1. The molecule has 0 fully saturated rings. The zero-order chi connectivity index (χ0) is 16.4. The average Bonchev–Trinajstić information content (AvgIpc) is 2.45. The molecule has 0 N–H and O–H groups in total. The third-order valence-corrected chi connectivity index (χ3v) is 5.01. The van der Waals surface area contributed by atoms with E-state index in [0.717, 1.165) is 10.0 Å². The first-order valence-corrected chi connectivity index (χ1v) is 9.08. The SMILES string of the molecule is CC(C)(C)c1ccc(/C=N/S(=O)(=O)c2ccc(Br)cc2)cc1. The number of benzene rings is 2. The summed E-state index contributed by atoms with van der Waals surface area (Å²) in [5, 5.41) is 0. The van der Waals surface area contributed by atoms with E-state index in [1.165, 1.54) is 23.9 Å². The maximum atomic E-state index is 12.1. The minimum absolute atomic E-state index is 0.0686. The minimum Gasteiger partial charge on any atom is -0.199 e. The van der Waals surface area contributed by atoms with Crippen LogP contribution in [0, 0.1) is 0 Å². The fourth-order valence-corrected chi connectivity index (χ4v) is 2.99. The van der Waals surface area contributed by atoms with Gasteiger partial charge >= 0.3 is 0 Å². The zero-order valence-corrected chi connectivity index (χ0v) is 15.1. The van der Waals surface area contributed by atoms with Gasteiger partial charge in [0.15, 0.2) is 0 Å². The molecule has 0 aliphatic heterocycles. The Morgan fingerprint density at radius 2 is 1.50 bits per heavy atom. The summed E-state index contributed by atoms with van der Waals surface area (Å²) in [5.41, 5.74) is 2.02. The molecule has 0 aromatic heterocycles. The highest BCUT2D eigenvalue weighted by molar-refractivity contribution is 9.10. The Kier molecular flexibility index (Phi) is 4.87. The molecule has 2 aromatic rings.